The fraction of sp³-hybridized carbons (Fsp3) is 0.0714. The van der Waals surface area contributed by atoms with Crippen LogP contribution in [0.25, 0.3) is 0 Å². The van der Waals surface area contributed by atoms with Gasteiger partial charge in [-0.3, -0.25) is 0 Å². The first-order valence-electron chi connectivity index (χ1n) is 5.58. The third-order valence-corrected chi connectivity index (χ3v) is 2.91. The van der Waals surface area contributed by atoms with E-state index < -0.39 is 5.97 Å². The Balaban J connectivity index is 2.02. The van der Waals surface area contributed by atoms with Crippen LogP contribution in [0.5, 0.6) is 5.75 Å². The summed E-state index contributed by atoms with van der Waals surface area (Å²) in [6, 6.07) is 14.5. The maximum absolute atomic E-state index is 11.0. The Labute approximate surface area is 104 Å². The number of rotatable bonds is 2. The van der Waals surface area contributed by atoms with E-state index in [4.69, 9.17) is 9.84 Å². The van der Waals surface area contributed by atoms with Crippen molar-refractivity contribution >= 4 is 17.3 Å². The molecule has 4 nitrogen and oxygen atoms in total. The second kappa shape index (κ2) is 4.07. The number of fused-ring (bicyclic) bond motifs is 1. The van der Waals surface area contributed by atoms with E-state index in [2.05, 4.69) is 0 Å². The topological polar surface area (TPSA) is 49.8 Å². The lowest BCUT2D eigenvalue weighted by Gasteiger charge is -2.16. The molecule has 0 fully saturated rings. The van der Waals surface area contributed by atoms with Gasteiger partial charge in [0.1, 0.15) is 5.75 Å². The second-order valence-electron chi connectivity index (χ2n) is 4.02. The SMILES string of the molecule is O=C(O)c1cccc(N2COc3ccccc32)c1. The molecule has 3 rings (SSSR count). The molecule has 0 bridgehead atoms. The molecule has 0 radical (unpaired) electrons. The molecule has 4 heteroatoms. The van der Waals surface area contributed by atoms with E-state index in [0.717, 1.165) is 17.1 Å². The van der Waals surface area contributed by atoms with E-state index in [9.17, 15) is 4.79 Å². The minimum atomic E-state index is -0.926. The summed E-state index contributed by atoms with van der Waals surface area (Å²) in [6.07, 6.45) is 0. The summed E-state index contributed by atoms with van der Waals surface area (Å²) in [7, 11) is 0. The zero-order chi connectivity index (χ0) is 12.5. The van der Waals surface area contributed by atoms with Crippen LogP contribution in [0.2, 0.25) is 0 Å². The first kappa shape index (κ1) is 10.7. The minimum Gasteiger partial charge on any atom is -0.478 e. The van der Waals surface area contributed by atoms with Gasteiger partial charge in [-0.25, -0.2) is 4.79 Å². The van der Waals surface area contributed by atoms with Crippen LogP contribution >= 0.6 is 0 Å². The van der Waals surface area contributed by atoms with E-state index in [1.54, 1.807) is 18.2 Å². The number of hydrogen-bond acceptors (Lipinski definition) is 3. The third kappa shape index (κ3) is 1.68. The highest BCUT2D eigenvalue weighted by Gasteiger charge is 2.21. The van der Waals surface area contributed by atoms with Crippen molar-refractivity contribution in [1.29, 1.82) is 0 Å². The summed E-state index contributed by atoms with van der Waals surface area (Å²) in [5.74, 6) is -0.108. The first-order chi connectivity index (χ1) is 8.75. The third-order valence-electron chi connectivity index (χ3n) is 2.91. The molecule has 90 valence electrons. The minimum absolute atomic E-state index is 0.275. The smallest absolute Gasteiger partial charge is 0.335 e. The van der Waals surface area contributed by atoms with Crippen molar-refractivity contribution in [3.8, 4) is 5.75 Å². The van der Waals surface area contributed by atoms with Crippen molar-refractivity contribution in [3.63, 3.8) is 0 Å². The van der Waals surface area contributed by atoms with Gasteiger partial charge in [0, 0.05) is 5.69 Å². The number of benzene rings is 2. The van der Waals surface area contributed by atoms with E-state index in [1.165, 1.54) is 0 Å². The van der Waals surface area contributed by atoms with Gasteiger partial charge in [-0.1, -0.05) is 18.2 Å². The van der Waals surface area contributed by atoms with Crippen LogP contribution in [-0.2, 0) is 0 Å². The maximum atomic E-state index is 11.0. The van der Waals surface area contributed by atoms with Crippen LogP contribution in [0.1, 0.15) is 10.4 Å². The lowest BCUT2D eigenvalue weighted by molar-refractivity contribution is 0.0697. The zero-order valence-corrected chi connectivity index (χ0v) is 9.54. The number of para-hydroxylation sites is 2. The highest BCUT2D eigenvalue weighted by molar-refractivity contribution is 5.89. The summed E-state index contributed by atoms with van der Waals surface area (Å²) in [5.41, 5.74) is 2.05. The summed E-state index contributed by atoms with van der Waals surface area (Å²) in [4.78, 5) is 12.9. The average Bonchev–Trinajstić information content (AvgIpc) is 2.82. The van der Waals surface area contributed by atoms with E-state index >= 15 is 0 Å². The Hall–Kier alpha value is -2.49. The molecular formula is C14H11NO3. The van der Waals surface area contributed by atoms with Crippen LogP contribution in [-0.4, -0.2) is 17.8 Å². The molecule has 0 saturated carbocycles. The molecule has 0 aliphatic carbocycles. The van der Waals surface area contributed by atoms with Gasteiger partial charge in [0.25, 0.3) is 0 Å². The van der Waals surface area contributed by atoms with Crippen molar-refractivity contribution in [1.82, 2.24) is 0 Å². The Morgan fingerprint density at radius 1 is 1.17 bits per heavy atom. The molecule has 0 atom stereocenters. The number of carboxylic acid groups (broad SMARTS) is 1. The predicted octanol–water partition coefficient (Wildman–Crippen LogP) is 2.87. The van der Waals surface area contributed by atoms with Crippen LogP contribution in [0, 0.1) is 0 Å². The van der Waals surface area contributed by atoms with E-state index in [0.29, 0.717) is 6.73 Å². The summed E-state index contributed by atoms with van der Waals surface area (Å²) in [5, 5.41) is 9.00. The number of aromatic carboxylic acids is 1. The van der Waals surface area contributed by atoms with Crippen LogP contribution < -0.4 is 9.64 Å². The molecule has 18 heavy (non-hydrogen) atoms. The molecule has 1 aliphatic heterocycles. The molecule has 0 unspecified atom stereocenters. The molecule has 0 aromatic heterocycles. The first-order valence-corrected chi connectivity index (χ1v) is 5.58. The number of anilines is 2. The number of ether oxygens (including phenoxy) is 1. The molecule has 0 amide bonds. The summed E-state index contributed by atoms with van der Waals surface area (Å²) < 4.78 is 5.54. The van der Waals surface area contributed by atoms with Gasteiger partial charge >= 0.3 is 5.97 Å². The van der Waals surface area contributed by atoms with E-state index in [1.807, 2.05) is 35.2 Å². The molecule has 0 saturated heterocycles. The molecule has 0 spiro atoms. The number of hydrogen-bond donors (Lipinski definition) is 1. The summed E-state index contributed by atoms with van der Waals surface area (Å²) in [6.45, 7) is 0.405. The van der Waals surface area contributed by atoms with Crippen molar-refractivity contribution < 1.29 is 14.6 Å². The molecule has 1 N–H and O–H groups in total. The maximum Gasteiger partial charge on any atom is 0.335 e. The lowest BCUT2D eigenvalue weighted by Crippen LogP contribution is -2.15. The lowest BCUT2D eigenvalue weighted by atomic mass is 10.2. The van der Waals surface area contributed by atoms with E-state index in [-0.39, 0.29) is 5.56 Å². The van der Waals surface area contributed by atoms with Crippen molar-refractivity contribution in [2.24, 2.45) is 0 Å². The van der Waals surface area contributed by atoms with Gasteiger partial charge < -0.3 is 14.7 Å². The largest absolute Gasteiger partial charge is 0.478 e. The summed E-state index contributed by atoms with van der Waals surface area (Å²) >= 11 is 0. The molecule has 2 aromatic rings. The fourth-order valence-electron chi connectivity index (χ4n) is 2.03. The Bertz CT molecular complexity index is 609. The van der Waals surface area contributed by atoms with Crippen molar-refractivity contribution in [3.05, 3.63) is 54.1 Å². The fourth-order valence-corrected chi connectivity index (χ4v) is 2.03. The van der Waals surface area contributed by atoms with Gasteiger partial charge in [-0.2, -0.15) is 0 Å². The number of carboxylic acids is 1. The monoisotopic (exact) mass is 241 g/mol. The highest BCUT2D eigenvalue weighted by atomic mass is 16.5. The van der Waals surface area contributed by atoms with Gasteiger partial charge in [-0.15, -0.1) is 0 Å². The second-order valence-corrected chi connectivity index (χ2v) is 4.02. The van der Waals surface area contributed by atoms with Crippen LogP contribution in [0.15, 0.2) is 48.5 Å². The van der Waals surface area contributed by atoms with Crippen LogP contribution in [0.4, 0.5) is 11.4 Å². The van der Waals surface area contributed by atoms with Gasteiger partial charge in [-0.05, 0) is 30.3 Å². The number of nitrogens with zero attached hydrogens (tertiary/aromatic N) is 1. The Morgan fingerprint density at radius 3 is 2.83 bits per heavy atom. The van der Waals surface area contributed by atoms with Crippen molar-refractivity contribution in [2.45, 2.75) is 0 Å². The van der Waals surface area contributed by atoms with Gasteiger partial charge in [0.05, 0.1) is 11.3 Å². The number of carbonyl (C=O) groups is 1. The Morgan fingerprint density at radius 2 is 2.00 bits per heavy atom. The van der Waals surface area contributed by atoms with Crippen LogP contribution in [0.3, 0.4) is 0 Å². The molecular weight excluding hydrogens is 230 g/mol. The molecule has 1 aliphatic rings. The normalized spacial score (nSPS) is 13.0. The predicted molar refractivity (Wildman–Crippen MR) is 67.5 cm³/mol. The Kier molecular flexibility index (Phi) is 2.41. The highest BCUT2D eigenvalue weighted by Crippen LogP contribution is 2.38. The van der Waals surface area contributed by atoms with Gasteiger partial charge in [0.2, 0.25) is 0 Å². The molecule has 1 heterocycles. The quantitative estimate of drug-likeness (QED) is 0.878. The van der Waals surface area contributed by atoms with Gasteiger partial charge in [0.15, 0.2) is 6.73 Å². The van der Waals surface area contributed by atoms with Crippen molar-refractivity contribution in [2.75, 3.05) is 11.6 Å². The zero-order valence-electron chi connectivity index (χ0n) is 9.54. The average molecular weight is 241 g/mol. The molecule has 2 aromatic carbocycles. The standard InChI is InChI=1S/C14H11NO3/c16-14(17)10-4-3-5-11(8-10)15-9-18-13-7-2-1-6-12(13)15/h1-8H,9H2,(H,16,17).